The van der Waals surface area contributed by atoms with Crippen molar-refractivity contribution in [2.45, 2.75) is 19.8 Å². The fraction of sp³-hybridized carbons (Fsp3) is 0.286. The van der Waals surface area contributed by atoms with Crippen LogP contribution in [-0.4, -0.2) is 17.0 Å². The van der Waals surface area contributed by atoms with Gasteiger partial charge in [-0.05, 0) is 46.7 Å². The second kappa shape index (κ2) is 6.34. The predicted octanol–water partition coefficient (Wildman–Crippen LogP) is 4.13. The summed E-state index contributed by atoms with van der Waals surface area (Å²) in [6.45, 7) is 4.17. The SMILES string of the molecule is CNc1ncnc(Nc2ccc(F)cc2I)c1C(C)C. The van der Waals surface area contributed by atoms with E-state index in [2.05, 4.69) is 57.0 Å². The van der Waals surface area contributed by atoms with Crippen LogP contribution in [0.25, 0.3) is 0 Å². The lowest BCUT2D eigenvalue weighted by molar-refractivity contribution is 0.627. The molecule has 0 saturated heterocycles. The highest BCUT2D eigenvalue weighted by molar-refractivity contribution is 14.1. The molecule has 2 aromatic rings. The van der Waals surface area contributed by atoms with Crippen LogP contribution in [0.5, 0.6) is 0 Å². The van der Waals surface area contributed by atoms with Gasteiger partial charge in [0, 0.05) is 16.2 Å². The van der Waals surface area contributed by atoms with Crippen LogP contribution in [0.3, 0.4) is 0 Å². The summed E-state index contributed by atoms with van der Waals surface area (Å²) in [5.41, 5.74) is 1.84. The minimum atomic E-state index is -0.248. The number of halogens is 2. The standard InChI is InChI=1S/C14H16FIN4/c1-8(2)12-13(17-3)18-7-19-14(12)20-11-5-4-9(15)6-10(11)16/h4-8H,1-3H3,(H2,17,18,19,20). The van der Waals surface area contributed by atoms with Gasteiger partial charge in [-0.25, -0.2) is 14.4 Å². The summed E-state index contributed by atoms with van der Waals surface area (Å²) in [4.78, 5) is 8.54. The van der Waals surface area contributed by atoms with Crippen LogP contribution < -0.4 is 10.6 Å². The van der Waals surface area contributed by atoms with E-state index in [0.717, 1.165) is 26.5 Å². The van der Waals surface area contributed by atoms with Crippen LogP contribution in [0, 0.1) is 9.39 Å². The van der Waals surface area contributed by atoms with Gasteiger partial charge in [0.25, 0.3) is 0 Å². The predicted molar refractivity (Wildman–Crippen MR) is 88.1 cm³/mol. The third kappa shape index (κ3) is 3.17. The maximum absolute atomic E-state index is 13.1. The van der Waals surface area contributed by atoms with Crippen LogP contribution in [0.4, 0.5) is 21.7 Å². The molecule has 20 heavy (non-hydrogen) atoms. The first-order chi connectivity index (χ1) is 9.52. The number of benzene rings is 1. The fourth-order valence-electron chi connectivity index (χ4n) is 1.96. The first kappa shape index (κ1) is 15.0. The van der Waals surface area contributed by atoms with Gasteiger partial charge in [0.05, 0.1) is 5.69 Å². The molecule has 0 bridgehead atoms. The molecule has 6 heteroatoms. The van der Waals surface area contributed by atoms with Crippen molar-refractivity contribution in [1.82, 2.24) is 9.97 Å². The monoisotopic (exact) mass is 386 g/mol. The van der Waals surface area contributed by atoms with E-state index in [1.54, 1.807) is 6.07 Å². The molecule has 1 aromatic heterocycles. The topological polar surface area (TPSA) is 49.8 Å². The van der Waals surface area contributed by atoms with Gasteiger partial charge < -0.3 is 10.6 Å². The quantitative estimate of drug-likeness (QED) is 0.776. The van der Waals surface area contributed by atoms with Crippen molar-refractivity contribution in [1.29, 1.82) is 0 Å². The number of aromatic nitrogens is 2. The van der Waals surface area contributed by atoms with Gasteiger partial charge in [-0.3, -0.25) is 0 Å². The number of hydrogen-bond donors (Lipinski definition) is 2. The molecule has 0 aliphatic carbocycles. The lowest BCUT2D eigenvalue weighted by Crippen LogP contribution is -2.07. The summed E-state index contributed by atoms with van der Waals surface area (Å²) in [5.74, 6) is 1.56. The van der Waals surface area contributed by atoms with E-state index in [4.69, 9.17) is 0 Å². The van der Waals surface area contributed by atoms with E-state index in [-0.39, 0.29) is 11.7 Å². The Morgan fingerprint density at radius 3 is 2.50 bits per heavy atom. The molecule has 0 saturated carbocycles. The van der Waals surface area contributed by atoms with Crippen molar-refractivity contribution in [2.75, 3.05) is 17.7 Å². The average molecular weight is 386 g/mol. The normalized spacial score (nSPS) is 10.7. The summed E-state index contributed by atoms with van der Waals surface area (Å²) >= 11 is 2.10. The lowest BCUT2D eigenvalue weighted by Gasteiger charge is -2.17. The van der Waals surface area contributed by atoms with Crippen LogP contribution >= 0.6 is 22.6 Å². The van der Waals surface area contributed by atoms with E-state index < -0.39 is 0 Å². The molecule has 0 aliphatic heterocycles. The molecule has 4 nitrogen and oxygen atoms in total. The third-order valence-electron chi connectivity index (χ3n) is 2.88. The highest BCUT2D eigenvalue weighted by Crippen LogP contribution is 2.31. The first-order valence-electron chi connectivity index (χ1n) is 6.27. The average Bonchev–Trinajstić information content (AvgIpc) is 2.41. The summed E-state index contributed by atoms with van der Waals surface area (Å²) < 4.78 is 14.0. The minimum Gasteiger partial charge on any atom is -0.373 e. The highest BCUT2D eigenvalue weighted by Gasteiger charge is 2.15. The Bertz CT molecular complexity index is 616. The van der Waals surface area contributed by atoms with Crippen LogP contribution in [-0.2, 0) is 0 Å². The molecular weight excluding hydrogens is 370 g/mol. The Balaban J connectivity index is 2.43. The van der Waals surface area contributed by atoms with Crippen molar-refractivity contribution in [3.8, 4) is 0 Å². The second-order valence-corrected chi connectivity index (χ2v) is 5.80. The summed E-state index contributed by atoms with van der Waals surface area (Å²) in [5, 5.41) is 6.33. The third-order valence-corrected chi connectivity index (χ3v) is 3.77. The Labute approximate surface area is 131 Å². The van der Waals surface area contributed by atoms with E-state index in [1.807, 2.05) is 7.05 Å². The Morgan fingerprint density at radius 1 is 1.20 bits per heavy atom. The van der Waals surface area contributed by atoms with Gasteiger partial charge in [-0.2, -0.15) is 0 Å². The first-order valence-corrected chi connectivity index (χ1v) is 7.35. The minimum absolute atomic E-state index is 0.248. The molecule has 0 fully saturated rings. The Morgan fingerprint density at radius 2 is 1.90 bits per heavy atom. The molecule has 2 N–H and O–H groups in total. The van der Waals surface area contributed by atoms with Crippen molar-refractivity contribution in [2.24, 2.45) is 0 Å². The van der Waals surface area contributed by atoms with Gasteiger partial charge >= 0.3 is 0 Å². The van der Waals surface area contributed by atoms with E-state index in [1.165, 1.54) is 18.5 Å². The molecule has 0 amide bonds. The Kier molecular flexibility index (Phi) is 4.74. The second-order valence-electron chi connectivity index (χ2n) is 4.64. The number of hydrogen-bond acceptors (Lipinski definition) is 4. The van der Waals surface area contributed by atoms with Gasteiger partial charge in [-0.15, -0.1) is 0 Å². The van der Waals surface area contributed by atoms with Gasteiger partial charge in [0.2, 0.25) is 0 Å². The zero-order valence-corrected chi connectivity index (χ0v) is 13.7. The molecule has 2 rings (SSSR count). The van der Waals surface area contributed by atoms with Gasteiger partial charge in [0.1, 0.15) is 23.8 Å². The maximum Gasteiger partial charge on any atom is 0.139 e. The molecule has 0 aliphatic rings. The maximum atomic E-state index is 13.1. The summed E-state index contributed by atoms with van der Waals surface area (Å²) in [6.07, 6.45) is 1.51. The smallest absolute Gasteiger partial charge is 0.139 e. The van der Waals surface area contributed by atoms with E-state index in [0.29, 0.717) is 0 Å². The molecule has 0 atom stereocenters. The molecule has 0 radical (unpaired) electrons. The highest BCUT2D eigenvalue weighted by atomic mass is 127. The van der Waals surface area contributed by atoms with Gasteiger partial charge in [-0.1, -0.05) is 13.8 Å². The van der Waals surface area contributed by atoms with Crippen LogP contribution in [0.2, 0.25) is 0 Å². The Hall–Kier alpha value is -1.44. The molecule has 1 aromatic carbocycles. The number of rotatable bonds is 4. The van der Waals surface area contributed by atoms with E-state index >= 15 is 0 Å². The van der Waals surface area contributed by atoms with Crippen molar-refractivity contribution < 1.29 is 4.39 Å². The largest absolute Gasteiger partial charge is 0.373 e. The zero-order chi connectivity index (χ0) is 14.7. The summed E-state index contributed by atoms with van der Waals surface area (Å²) in [6, 6.07) is 4.63. The van der Waals surface area contributed by atoms with E-state index in [9.17, 15) is 4.39 Å². The number of anilines is 3. The number of nitrogens with zero attached hydrogens (tertiary/aromatic N) is 2. The lowest BCUT2D eigenvalue weighted by atomic mass is 10.0. The van der Waals surface area contributed by atoms with Crippen molar-refractivity contribution >= 4 is 39.9 Å². The van der Waals surface area contributed by atoms with Crippen molar-refractivity contribution in [3.63, 3.8) is 0 Å². The van der Waals surface area contributed by atoms with Crippen molar-refractivity contribution in [3.05, 3.63) is 39.5 Å². The molecule has 106 valence electrons. The summed E-state index contributed by atoms with van der Waals surface area (Å²) in [7, 11) is 1.83. The van der Waals surface area contributed by atoms with Crippen LogP contribution in [0.15, 0.2) is 24.5 Å². The molecule has 1 heterocycles. The zero-order valence-electron chi connectivity index (χ0n) is 11.5. The molecular formula is C14H16FIN4. The number of nitrogens with one attached hydrogen (secondary N) is 2. The van der Waals surface area contributed by atoms with Crippen LogP contribution in [0.1, 0.15) is 25.3 Å². The molecule has 0 unspecified atom stereocenters. The van der Waals surface area contributed by atoms with Gasteiger partial charge in [0.15, 0.2) is 0 Å². The molecule has 0 spiro atoms. The fourth-order valence-corrected chi connectivity index (χ4v) is 2.57.